The molecule has 3 N–H and O–H groups in total. The van der Waals surface area contributed by atoms with Crippen LogP contribution in [-0.4, -0.2) is 41.1 Å². The number of rotatable bonds is 3. The molecule has 96 valence electrons. The van der Waals surface area contributed by atoms with Gasteiger partial charge in [0.25, 0.3) is 5.91 Å². The zero-order chi connectivity index (χ0) is 13.0. The van der Waals surface area contributed by atoms with E-state index in [2.05, 4.69) is 15.6 Å². The first kappa shape index (κ1) is 12.5. The summed E-state index contributed by atoms with van der Waals surface area (Å²) in [4.78, 5) is 26.5. The highest BCUT2D eigenvalue weighted by atomic mass is 16.4. The first-order valence-corrected chi connectivity index (χ1v) is 5.89. The molecular weight excluding hydrogens is 234 g/mol. The van der Waals surface area contributed by atoms with Crippen LogP contribution >= 0.6 is 0 Å². The number of nitrogens with zero attached hydrogens (tertiary/aromatic N) is 1. The van der Waals surface area contributed by atoms with Crippen molar-refractivity contribution in [1.29, 1.82) is 0 Å². The van der Waals surface area contributed by atoms with Gasteiger partial charge in [0.15, 0.2) is 0 Å². The first-order chi connectivity index (χ1) is 8.66. The van der Waals surface area contributed by atoms with Gasteiger partial charge in [0.2, 0.25) is 0 Å². The molecule has 0 spiro atoms. The Hall–Kier alpha value is -1.95. The summed E-state index contributed by atoms with van der Waals surface area (Å²) in [5.74, 6) is -1.45. The maximum absolute atomic E-state index is 11.9. The summed E-state index contributed by atoms with van der Waals surface area (Å²) in [7, 11) is 0. The number of carboxylic acids is 1. The van der Waals surface area contributed by atoms with Crippen molar-refractivity contribution >= 4 is 11.9 Å². The van der Waals surface area contributed by atoms with E-state index in [-0.39, 0.29) is 23.3 Å². The van der Waals surface area contributed by atoms with Crippen LogP contribution in [0.15, 0.2) is 18.2 Å². The number of carboxylic acid groups (broad SMARTS) is 1. The van der Waals surface area contributed by atoms with Gasteiger partial charge >= 0.3 is 5.97 Å². The minimum atomic E-state index is -1.13. The van der Waals surface area contributed by atoms with Gasteiger partial charge in [-0.15, -0.1) is 0 Å². The van der Waals surface area contributed by atoms with Crippen molar-refractivity contribution in [1.82, 2.24) is 15.6 Å². The SMILES string of the molecule is O=C(O)c1cccc(C(=O)NC2CCNCC2)n1. The van der Waals surface area contributed by atoms with Crippen LogP contribution in [0.25, 0.3) is 0 Å². The number of carbonyl (C=O) groups is 2. The second-order valence-electron chi connectivity index (χ2n) is 4.21. The molecule has 1 aliphatic rings. The van der Waals surface area contributed by atoms with Gasteiger partial charge in [-0.05, 0) is 38.1 Å². The fourth-order valence-corrected chi connectivity index (χ4v) is 1.91. The van der Waals surface area contributed by atoms with E-state index in [0.29, 0.717) is 0 Å². The van der Waals surface area contributed by atoms with Crippen LogP contribution in [0.1, 0.15) is 33.8 Å². The third kappa shape index (κ3) is 3.04. The number of nitrogens with one attached hydrogen (secondary N) is 2. The first-order valence-electron chi connectivity index (χ1n) is 5.89. The lowest BCUT2D eigenvalue weighted by atomic mass is 10.1. The molecule has 18 heavy (non-hydrogen) atoms. The zero-order valence-corrected chi connectivity index (χ0v) is 9.85. The second kappa shape index (κ2) is 5.59. The van der Waals surface area contributed by atoms with E-state index in [0.717, 1.165) is 25.9 Å². The van der Waals surface area contributed by atoms with Crippen LogP contribution in [0.2, 0.25) is 0 Å². The van der Waals surface area contributed by atoms with Crippen molar-refractivity contribution < 1.29 is 14.7 Å². The standard InChI is InChI=1S/C12H15N3O3/c16-11(14-8-4-6-13-7-5-8)9-2-1-3-10(15-9)12(17)18/h1-3,8,13H,4-7H2,(H,14,16)(H,17,18). The molecule has 2 rings (SSSR count). The maximum Gasteiger partial charge on any atom is 0.354 e. The number of amides is 1. The summed E-state index contributed by atoms with van der Waals surface area (Å²) >= 11 is 0. The average molecular weight is 249 g/mol. The number of aromatic carboxylic acids is 1. The van der Waals surface area contributed by atoms with E-state index < -0.39 is 5.97 Å². The lowest BCUT2D eigenvalue weighted by Gasteiger charge is -2.23. The molecular formula is C12H15N3O3. The number of hydrogen-bond donors (Lipinski definition) is 3. The highest BCUT2D eigenvalue weighted by molar-refractivity contribution is 5.94. The molecule has 1 aliphatic heterocycles. The van der Waals surface area contributed by atoms with Crippen LogP contribution in [0.5, 0.6) is 0 Å². The van der Waals surface area contributed by atoms with E-state index in [4.69, 9.17) is 5.11 Å². The van der Waals surface area contributed by atoms with Crippen LogP contribution in [0.3, 0.4) is 0 Å². The Kier molecular flexibility index (Phi) is 3.88. The monoisotopic (exact) mass is 249 g/mol. The Labute approximate surface area is 104 Å². The molecule has 1 fully saturated rings. The molecule has 1 aromatic heterocycles. The molecule has 0 atom stereocenters. The van der Waals surface area contributed by atoms with Crippen molar-refractivity contribution in [2.45, 2.75) is 18.9 Å². The Morgan fingerprint density at radius 3 is 2.61 bits per heavy atom. The van der Waals surface area contributed by atoms with Crippen molar-refractivity contribution in [3.05, 3.63) is 29.6 Å². The summed E-state index contributed by atoms with van der Waals surface area (Å²) in [6.07, 6.45) is 1.76. The van der Waals surface area contributed by atoms with Gasteiger partial charge in [-0.25, -0.2) is 9.78 Å². The summed E-state index contributed by atoms with van der Waals surface area (Å²) < 4.78 is 0. The summed E-state index contributed by atoms with van der Waals surface area (Å²) in [6, 6.07) is 4.54. The number of hydrogen-bond acceptors (Lipinski definition) is 4. The van der Waals surface area contributed by atoms with Gasteiger partial charge < -0.3 is 15.7 Å². The molecule has 0 bridgehead atoms. The Balaban J connectivity index is 2.03. The molecule has 1 saturated heterocycles. The molecule has 6 heteroatoms. The highest BCUT2D eigenvalue weighted by Crippen LogP contribution is 2.05. The Bertz CT molecular complexity index is 456. The molecule has 0 aromatic carbocycles. The Morgan fingerprint density at radius 1 is 1.28 bits per heavy atom. The average Bonchev–Trinajstić information content (AvgIpc) is 2.40. The van der Waals surface area contributed by atoms with E-state index >= 15 is 0 Å². The van der Waals surface area contributed by atoms with E-state index in [9.17, 15) is 9.59 Å². The molecule has 0 aliphatic carbocycles. The van der Waals surface area contributed by atoms with Gasteiger partial charge in [0, 0.05) is 6.04 Å². The minimum Gasteiger partial charge on any atom is -0.477 e. The lowest BCUT2D eigenvalue weighted by Crippen LogP contribution is -2.43. The molecule has 0 saturated carbocycles. The Morgan fingerprint density at radius 2 is 1.94 bits per heavy atom. The van der Waals surface area contributed by atoms with Gasteiger partial charge in [-0.2, -0.15) is 0 Å². The van der Waals surface area contributed by atoms with Crippen molar-refractivity contribution in [3.8, 4) is 0 Å². The zero-order valence-electron chi connectivity index (χ0n) is 9.85. The maximum atomic E-state index is 11.9. The third-order valence-corrected chi connectivity index (χ3v) is 2.88. The summed E-state index contributed by atoms with van der Waals surface area (Å²) in [5, 5.41) is 14.9. The molecule has 0 radical (unpaired) electrons. The van der Waals surface area contributed by atoms with E-state index in [1.54, 1.807) is 0 Å². The quantitative estimate of drug-likeness (QED) is 0.715. The summed E-state index contributed by atoms with van der Waals surface area (Å²) in [5.41, 5.74) is 0.0291. The van der Waals surface area contributed by atoms with Crippen LogP contribution < -0.4 is 10.6 Å². The predicted octanol–water partition coefficient (Wildman–Crippen LogP) is 0.262. The fourth-order valence-electron chi connectivity index (χ4n) is 1.91. The molecule has 6 nitrogen and oxygen atoms in total. The molecule has 2 heterocycles. The fraction of sp³-hybridized carbons (Fsp3) is 0.417. The predicted molar refractivity (Wildman–Crippen MR) is 64.6 cm³/mol. The molecule has 1 aromatic rings. The normalized spacial score (nSPS) is 16.2. The van der Waals surface area contributed by atoms with Crippen LogP contribution in [0.4, 0.5) is 0 Å². The largest absolute Gasteiger partial charge is 0.477 e. The molecule has 1 amide bonds. The smallest absolute Gasteiger partial charge is 0.354 e. The van der Waals surface area contributed by atoms with Crippen LogP contribution in [0, 0.1) is 0 Å². The van der Waals surface area contributed by atoms with Gasteiger partial charge in [0.1, 0.15) is 11.4 Å². The highest BCUT2D eigenvalue weighted by Gasteiger charge is 2.17. The van der Waals surface area contributed by atoms with Crippen LogP contribution in [-0.2, 0) is 0 Å². The van der Waals surface area contributed by atoms with Gasteiger partial charge in [-0.3, -0.25) is 4.79 Å². The van der Waals surface area contributed by atoms with Crippen molar-refractivity contribution in [2.24, 2.45) is 0 Å². The van der Waals surface area contributed by atoms with E-state index in [1.165, 1.54) is 18.2 Å². The minimum absolute atomic E-state index is 0.118. The molecule has 0 unspecified atom stereocenters. The number of carbonyl (C=O) groups excluding carboxylic acids is 1. The van der Waals surface area contributed by atoms with Crippen molar-refractivity contribution in [2.75, 3.05) is 13.1 Å². The van der Waals surface area contributed by atoms with Gasteiger partial charge in [-0.1, -0.05) is 6.07 Å². The topological polar surface area (TPSA) is 91.3 Å². The third-order valence-electron chi connectivity index (χ3n) is 2.88. The summed E-state index contributed by atoms with van der Waals surface area (Å²) in [6.45, 7) is 1.76. The number of aromatic nitrogens is 1. The van der Waals surface area contributed by atoms with Gasteiger partial charge in [0.05, 0.1) is 0 Å². The van der Waals surface area contributed by atoms with Crippen molar-refractivity contribution in [3.63, 3.8) is 0 Å². The van der Waals surface area contributed by atoms with E-state index in [1.807, 2.05) is 0 Å². The lowest BCUT2D eigenvalue weighted by molar-refractivity contribution is 0.0690. The number of pyridine rings is 1. The number of piperidine rings is 1. The second-order valence-corrected chi connectivity index (χ2v) is 4.21.